The predicted molar refractivity (Wildman–Crippen MR) is 54.1 cm³/mol. The molecule has 1 atom stereocenters. The minimum absolute atomic E-state index is 0.117. The van der Waals surface area contributed by atoms with Crippen molar-refractivity contribution >= 4 is 0 Å². The van der Waals surface area contributed by atoms with Crippen molar-refractivity contribution in [1.82, 2.24) is 10.1 Å². The van der Waals surface area contributed by atoms with E-state index in [-0.39, 0.29) is 12.4 Å². The van der Waals surface area contributed by atoms with Gasteiger partial charge in [0.2, 0.25) is 0 Å². The third-order valence-corrected chi connectivity index (χ3v) is 2.94. The van der Waals surface area contributed by atoms with Crippen LogP contribution in [0.1, 0.15) is 55.8 Å². The molecule has 0 radical (unpaired) electrons. The van der Waals surface area contributed by atoms with E-state index >= 15 is 0 Å². The van der Waals surface area contributed by atoms with Crippen molar-refractivity contribution in [3.63, 3.8) is 0 Å². The first-order chi connectivity index (χ1) is 7.31. The largest absolute Gasteiger partial charge is 0.382 e. The van der Waals surface area contributed by atoms with Crippen LogP contribution in [0.2, 0.25) is 0 Å². The minimum atomic E-state index is -0.824. The third-order valence-electron chi connectivity index (χ3n) is 2.94. The Morgan fingerprint density at radius 3 is 2.80 bits per heavy atom. The number of rotatable bonds is 3. The Balaban J connectivity index is 2.05. The van der Waals surface area contributed by atoms with Gasteiger partial charge in [0.25, 0.3) is 5.89 Å². The van der Waals surface area contributed by atoms with Gasteiger partial charge < -0.3 is 15.4 Å². The monoisotopic (exact) mass is 211 g/mol. The van der Waals surface area contributed by atoms with Crippen molar-refractivity contribution in [2.24, 2.45) is 5.73 Å². The predicted octanol–water partition coefficient (Wildman–Crippen LogP) is 1.11. The Morgan fingerprint density at radius 1 is 1.40 bits per heavy atom. The van der Waals surface area contributed by atoms with Crippen molar-refractivity contribution < 1.29 is 9.63 Å². The van der Waals surface area contributed by atoms with Gasteiger partial charge in [-0.25, -0.2) is 0 Å². The van der Waals surface area contributed by atoms with Gasteiger partial charge in [-0.05, 0) is 12.8 Å². The molecule has 0 unspecified atom stereocenters. The summed E-state index contributed by atoms with van der Waals surface area (Å²) in [5, 5.41) is 13.3. The molecule has 0 aliphatic heterocycles. The fraction of sp³-hybridized carbons (Fsp3) is 0.800. The maximum absolute atomic E-state index is 9.42. The molecule has 3 N–H and O–H groups in total. The fourth-order valence-corrected chi connectivity index (χ4v) is 2.01. The summed E-state index contributed by atoms with van der Waals surface area (Å²) in [6.07, 6.45) is 5.18. The lowest BCUT2D eigenvalue weighted by atomic mass is 9.89. The third kappa shape index (κ3) is 2.35. The average molecular weight is 211 g/mol. The van der Waals surface area contributed by atoms with Crippen LogP contribution in [0.3, 0.4) is 0 Å². The summed E-state index contributed by atoms with van der Waals surface area (Å²) in [5.41, 5.74) is 5.31. The van der Waals surface area contributed by atoms with E-state index in [1.807, 2.05) is 0 Å². The highest BCUT2D eigenvalue weighted by atomic mass is 16.5. The van der Waals surface area contributed by atoms with E-state index in [9.17, 15) is 5.11 Å². The zero-order valence-corrected chi connectivity index (χ0v) is 8.72. The van der Waals surface area contributed by atoms with Crippen LogP contribution in [0, 0.1) is 0 Å². The number of aliphatic hydroxyl groups excluding tert-OH is 1. The highest BCUT2D eigenvalue weighted by Crippen LogP contribution is 2.31. The Hall–Kier alpha value is -0.940. The SMILES string of the molecule is NC[C@H](O)c1nc(C2CCCCC2)no1. The van der Waals surface area contributed by atoms with E-state index in [4.69, 9.17) is 10.3 Å². The second-order valence-corrected chi connectivity index (χ2v) is 4.08. The number of aromatic nitrogens is 2. The molecule has 5 nitrogen and oxygen atoms in total. The summed E-state index contributed by atoms with van der Waals surface area (Å²) in [6, 6.07) is 0. The zero-order valence-electron chi connectivity index (χ0n) is 8.72. The maximum Gasteiger partial charge on any atom is 0.256 e. The summed E-state index contributed by atoms with van der Waals surface area (Å²) in [5.74, 6) is 1.39. The number of aliphatic hydroxyl groups is 1. The first-order valence-electron chi connectivity index (χ1n) is 5.53. The Kier molecular flexibility index (Phi) is 3.33. The van der Waals surface area contributed by atoms with Gasteiger partial charge in [-0.1, -0.05) is 24.4 Å². The summed E-state index contributed by atoms with van der Waals surface area (Å²) in [6.45, 7) is 0.117. The van der Waals surface area contributed by atoms with Gasteiger partial charge in [0.05, 0.1) is 0 Å². The lowest BCUT2D eigenvalue weighted by molar-refractivity contribution is 0.141. The van der Waals surface area contributed by atoms with Crippen molar-refractivity contribution in [2.45, 2.75) is 44.1 Å². The quantitative estimate of drug-likeness (QED) is 0.782. The molecule has 0 aromatic carbocycles. The van der Waals surface area contributed by atoms with Crippen molar-refractivity contribution in [3.8, 4) is 0 Å². The van der Waals surface area contributed by atoms with E-state index in [1.54, 1.807) is 0 Å². The molecule has 1 aliphatic carbocycles. The molecule has 1 fully saturated rings. The molecular weight excluding hydrogens is 194 g/mol. The van der Waals surface area contributed by atoms with Crippen molar-refractivity contribution in [3.05, 3.63) is 11.7 Å². The average Bonchev–Trinajstić information content (AvgIpc) is 2.78. The number of hydrogen-bond acceptors (Lipinski definition) is 5. The normalized spacial score (nSPS) is 20.4. The van der Waals surface area contributed by atoms with Crippen molar-refractivity contribution in [2.75, 3.05) is 6.54 Å². The second-order valence-electron chi connectivity index (χ2n) is 4.08. The van der Waals surface area contributed by atoms with Crippen LogP contribution in [0.5, 0.6) is 0 Å². The molecule has 1 aromatic rings. The van der Waals surface area contributed by atoms with Gasteiger partial charge in [-0.3, -0.25) is 0 Å². The molecule has 1 aliphatic rings. The molecule has 1 heterocycles. The summed E-state index contributed by atoms with van der Waals surface area (Å²) in [7, 11) is 0. The second kappa shape index (κ2) is 4.72. The molecule has 84 valence electrons. The highest BCUT2D eigenvalue weighted by Gasteiger charge is 2.22. The lowest BCUT2D eigenvalue weighted by Crippen LogP contribution is -2.12. The van der Waals surface area contributed by atoms with E-state index in [1.165, 1.54) is 19.3 Å². The molecule has 0 saturated heterocycles. The van der Waals surface area contributed by atoms with E-state index in [0.717, 1.165) is 18.7 Å². The number of hydrogen-bond donors (Lipinski definition) is 2. The molecule has 15 heavy (non-hydrogen) atoms. The summed E-state index contributed by atoms with van der Waals surface area (Å²) in [4.78, 5) is 4.20. The highest BCUT2D eigenvalue weighted by molar-refractivity contribution is 4.98. The smallest absolute Gasteiger partial charge is 0.256 e. The number of nitrogens with two attached hydrogens (primary N) is 1. The molecule has 1 saturated carbocycles. The summed E-state index contributed by atoms with van der Waals surface area (Å²) < 4.78 is 4.98. The van der Waals surface area contributed by atoms with E-state index in [0.29, 0.717) is 5.92 Å². The molecule has 1 aromatic heterocycles. The number of nitrogens with zero attached hydrogens (tertiary/aromatic N) is 2. The maximum atomic E-state index is 9.42. The molecule has 0 bridgehead atoms. The van der Waals surface area contributed by atoms with Gasteiger partial charge in [0.15, 0.2) is 5.82 Å². The Labute approximate surface area is 88.7 Å². The molecular formula is C10H17N3O2. The summed E-state index contributed by atoms with van der Waals surface area (Å²) >= 11 is 0. The molecule has 0 spiro atoms. The van der Waals surface area contributed by atoms with Crippen LogP contribution in [0.15, 0.2) is 4.52 Å². The molecule has 2 rings (SSSR count). The first-order valence-corrected chi connectivity index (χ1v) is 5.53. The van der Waals surface area contributed by atoms with Gasteiger partial charge in [-0.15, -0.1) is 0 Å². The van der Waals surface area contributed by atoms with E-state index in [2.05, 4.69) is 10.1 Å². The topological polar surface area (TPSA) is 85.2 Å². The first kappa shape index (κ1) is 10.6. The van der Waals surface area contributed by atoms with Gasteiger partial charge >= 0.3 is 0 Å². The van der Waals surface area contributed by atoms with E-state index < -0.39 is 6.10 Å². The van der Waals surface area contributed by atoms with Gasteiger partial charge in [-0.2, -0.15) is 4.98 Å². The lowest BCUT2D eigenvalue weighted by Gasteiger charge is -2.17. The van der Waals surface area contributed by atoms with Gasteiger partial charge in [0, 0.05) is 12.5 Å². The van der Waals surface area contributed by atoms with Crippen LogP contribution < -0.4 is 5.73 Å². The molecule has 0 amide bonds. The standard InChI is InChI=1S/C10H17N3O2/c11-6-8(14)10-12-9(13-15-10)7-4-2-1-3-5-7/h7-8,14H,1-6,11H2/t8-/m0/s1. The Bertz CT molecular complexity index is 307. The zero-order chi connectivity index (χ0) is 10.7. The van der Waals surface area contributed by atoms with Crippen LogP contribution in [0.25, 0.3) is 0 Å². The fourth-order valence-electron chi connectivity index (χ4n) is 2.01. The van der Waals surface area contributed by atoms with Gasteiger partial charge in [0.1, 0.15) is 6.10 Å². The van der Waals surface area contributed by atoms with Crippen molar-refractivity contribution in [1.29, 1.82) is 0 Å². The van der Waals surface area contributed by atoms with Crippen LogP contribution >= 0.6 is 0 Å². The minimum Gasteiger partial charge on any atom is -0.382 e. The molecule has 5 heteroatoms. The van der Waals surface area contributed by atoms with Crippen LogP contribution in [-0.4, -0.2) is 21.8 Å². The van der Waals surface area contributed by atoms with Crippen LogP contribution in [-0.2, 0) is 0 Å². The van der Waals surface area contributed by atoms with Crippen LogP contribution in [0.4, 0.5) is 0 Å². The Morgan fingerprint density at radius 2 is 2.13 bits per heavy atom.